The molecule has 0 saturated heterocycles. The summed E-state index contributed by atoms with van der Waals surface area (Å²) in [6, 6.07) is 26.1. The van der Waals surface area contributed by atoms with E-state index >= 15 is 0 Å². The number of carbonyl (C=O) groups is 1. The fraction of sp³-hybridized carbons (Fsp3) is 0.0400. The van der Waals surface area contributed by atoms with Crippen LogP contribution in [0.4, 0.5) is 0 Å². The number of rotatable bonds is 3. The summed E-state index contributed by atoms with van der Waals surface area (Å²) in [6.07, 6.45) is -1.20. The lowest BCUT2D eigenvalue weighted by Gasteiger charge is -2.13. The van der Waals surface area contributed by atoms with Crippen LogP contribution < -0.4 is 4.74 Å². The number of esters is 1. The average Bonchev–Trinajstić information content (AvgIpc) is 2.77. The molecule has 0 saturated carbocycles. The van der Waals surface area contributed by atoms with Gasteiger partial charge in [0.2, 0.25) is 0 Å². The van der Waals surface area contributed by atoms with Crippen LogP contribution in [0.1, 0.15) is 22.0 Å². The largest absolute Gasteiger partial charge is 0.423 e. The van der Waals surface area contributed by atoms with Gasteiger partial charge in [-0.2, -0.15) is 5.26 Å². The Kier molecular flexibility index (Phi) is 3.90. The highest BCUT2D eigenvalue weighted by atomic mass is 16.5. The highest BCUT2D eigenvalue weighted by molar-refractivity contribution is 6.26. The van der Waals surface area contributed by atoms with E-state index in [1.165, 1.54) is 0 Å². The maximum absolute atomic E-state index is 12.9. The van der Waals surface area contributed by atoms with Gasteiger partial charge in [-0.1, -0.05) is 60.7 Å². The third-order valence-corrected chi connectivity index (χ3v) is 5.28. The first kappa shape index (κ1) is 17.2. The Morgan fingerprint density at radius 3 is 2.14 bits per heavy atom. The van der Waals surface area contributed by atoms with E-state index in [-0.39, 0.29) is 0 Å². The van der Waals surface area contributed by atoms with Gasteiger partial charge in [-0.3, -0.25) is 0 Å². The fourth-order valence-electron chi connectivity index (χ4n) is 3.87. The maximum Gasteiger partial charge on any atom is 0.344 e. The molecular weight excluding hydrogens is 362 g/mol. The Hall–Kier alpha value is -3.94. The van der Waals surface area contributed by atoms with Gasteiger partial charge in [-0.05, 0) is 56.1 Å². The van der Waals surface area contributed by atoms with Crippen LogP contribution in [-0.4, -0.2) is 11.1 Å². The molecule has 5 rings (SSSR count). The molecular formula is C25H15NO3. The molecule has 0 bridgehead atoms. The number of hydrogen-bond acceptors (Lipinski definition) is 4. The monoisotopic (exact) mass is 377 g/mol. The Morgan fingerprint density at radius 2 is 1.45 bits per heavy atom. The molecule has 5 aromatic rings. The quantitative estimate of drug-likeness (QED) is 0.199. The molecule has 5 aromatic carbocycles. The minimum atomic E-state index is -1.20. The van der Waals surface area contributed by atoms with E-state index in [0.29, 0.717) is 16.9 Å². The molecule has 4 heteroatoms. The van der Waals surface area contributed by atoms with Crippen molar-refractivity contribution in [2.45, 2.75) is 6.10 Å². The third kappa shape index (κ3) is 2.77. The van der Waals surface area contributed by atoms with Gasteiger partial charge in [0.25, 0.3) is 0 Å². The second-order valence-corrected chi connectivity index (χ2v) is 6.96. The summed E-state index contributed by atoms with van der Waals surface area (Å²) in [4.78, 5) is 12.9. The molecule has 0 aromatic heterocycles. The van der Waals surface area contributed by atoms with Crippen LogP contribution in [0.5, 0.6) is 5.75 Å². The van der Waals surface area contributed by atoms with Crippen molar-refractivity contribution in [1.29, 1.82) is 5.26 Å². The summed E-state index contributed by atoms with van der Waals surface area (Å²) in [5, 5.41) is 24.8. The molecule has 0 fully saturated rings. The number of aliphatic hydroxyl groups excluding tert-OH is 1. The molecule has 0 heterocycles. The van der Waals surface area contributed by atoms with Crippen molar-refractivity contribution in [3.05, 3.63) is 90.0 Å². The molecule has 138 valence electrons. The second-order valence-electron chi connectivity index (χ2n) is 6.96. The normalized spacial score (nSPS) is 12.3. The minimum Gasteiger partial charge on any atom is -0.423 e. The summed E-state index contributed by atoms with van der Waals surface area (Å²) in [6.45, 7) is 0. The van der Waals surface area contributed by atoms with Gasteiger partial charge in [0, 0.05) is 0 Å². The van der Waals surface area contributed by atoms with Crippen molar-refractivity contribution in [2.24, 2.45) is 0 Å². The van der Waals surface area contributed by atoms with Crippen LogP contribution in [0.25, 0.3) is 32.3 Å². The first-order chi connectivity index (χ1) is 14.2. The predicted molar refractivity (Wildman–Crippen MR) is 112 cm³/mol. The van der Waals surface area contributed by atoms with E-state index < -0.39 is 12.1 Å². The fourth-order valence-corrected chi connectivity index (χ4v) is 3.87. The lowest BCUT2D eigenvalue weighted by atomic mass is 9.92. The summed E-state index contributed by atoms with van der Waals surface area (Å²) < 4.78 is 5.56. The van der Waals surface area contributed by atoms with Gasteiger partial charge in [0.15, 0.2) is 6.10 Å². The van der Waals surface area contributed by atoms with Crippen molar-refractivity contribution in [3.63, 3.8) is 0 Å². The zero-order valence-corrected chi connectivity index (χ0v) is 15.3. The van der Waals surface area contributed by atoms with Crippen molar-refractivity contribution in [2.75, 3.05) is 0 Å². The number of benzene rings is 5. The van der Waals surface area contributed by atoms with Crippen molar-refractivity contribution < 1.29 is 14.6 Å². The Labute approximate surface area is 166 Å². The summed E-state index contributed by atoms with van der Waals surface area (Å²) in [5.74, 6) is -0.0916. The zero-order chi connectivity index (χ0) is 20.0. The van der Waals surface area contributed by atoms with E-state index in [1.807, 2.05) is 24.3 Å². The minimum absolute atomic E-state index is 0.356. The molecule has 0 amide bonds. The number of nitriles is 1. The molecule has 0 aliphatic carbocycles. The smallest absolute Gasteiger partial charge is 0.344 e. The van der Waals surface area contributed by atoms with Gasteiger partial charge in [0.1, 0.15) is 5.75 Å². The standard InChI is InChI=1S/C25H15NO3/c26-14-22(27)15-6-10-19(11-7-15)29-25(28)21-13-9-18-5-4-16-2-1-3-17-8-12-20(21)24(18)23(16)17/h1-13,22,27H. The molecule has 0 aliphatic rings. The van der Waals surface area contributed by atoms with Crippen molar-refractivity contribution in [3.8, 4) is 11.8 Å². The van der Waals surface area contributed by atoms with E-state index in [0.717, 1.165) is 32.3 Å². The number of aliphatic hydroxyl groups is 1. The van der Waals surface area contributed by atoms with Gasteiger partial charge in [-0.25, -0.2) is 4.79 Å². The lowest BCUT2D eigenvalue weighted by molar-refractivity contribution is 0.0737. The molecule has 0 spiro atoms. The van der Waals surface area contributed by atoms with Crippen LogP contribution in [0, 0.1) is 11.3 Å². The summed E-state index contributed by atoms with van der Waals surface area (Å²) in [7, 11) is 0. The molecule has 1 unspecified atom stereocenters. The SMILES string of the molecule is N#CC(O)c1ccc(OC(=O)c2ccc3ccc4cccc5ccc2c3c45)cc1. The van der Waals surface area contributed by atoms with Gasteiger partial charge in [-0.15, -0.1) is 0 Å². The van der Waals surface area contributed by atoms with E-state index in [9.17, 15) is 9.90 Å². The lowest BCUT2D eigenvalue weighted by Crippen LogP contribution is -2.09. The predicted octanol–water partition coefficient (Wildman–Crippen LogP) is 5.36. The Bertz CT molecular complexity index is 1400. The van der Waals surface area contributed by atoms with Crippen LogP contribution >= 0.6 is 0 Å². The van der Waals surface area contributed by atoms with E-state index in [2.05, 4.69) is 24.3 Å². The van der Waals surface area contributed by atoms with E-state index in [1.54, 1.807) is 36.4 Å². The van der Waals surface area contributed by atoms with E-state index in [4.69, 9.17) is 10.00 Å². The highest BCUT2D eigenvalue weighted by Crippen LogP contribution is 2.36. The first-order valence-corrected chi connectivity index (χ1v) is 9.22. The average molecular weight is 377 g/mol. The summed E-state index contributed by atoms with van der Waals surface area (Å²) in [5.41, 5.74) is 0.951. The molecule has 29 heavy (non-hydrogen) atoms. The summed E-state index contributed by atoms with van der Waals surface area (Å²) >= 11 is 0. The maximum atomic E-state index is 12.9. The first-order valence-electron chi connectivity index (χ1n) is 9.22. The van der Waals surface area contributed by atoms with Crippen molar-refractivity contribution in [1.82, 2.24) is 0 Å². The Balaban J connectivity index is 1.58. The zero-order valence-electron chi connectivity index (χ0n) is 15.3. The second kappa shape index (κ2) is 6.59. The van der Waals surface area contributed by atoms with Crippen LogP contribution in [0.2, 0.25) is 0 Å². The third-order valence-electron chi connectivity index (χ3n) is 5.28. The molecule has 0 radical (unpaired) electrons. The van der Waals surface area contributed by atoms with Gasteiger partial charge in [0.05, 0.1) is 11.6 Å². The topological polar surface area (TPSA) is 70.3 Å². The Morgan fingerprint density at radius 1 is 0.828 bits per heavy atom. The highest BCUT2D eigenvalue weighted by Gasteiger charge is 2.17. The van der Waals surface area contributed by atoms with Crippen molar-refractivity contribution >= 4 is 38.3 Å². The number of ether oxygens (including phenoxy) is 1. The van der Waals surface area contributed by atoms with Gasteiger partial charge < -0.3 is 9.84 Å². The molecule has 0 aliphatic heterocycles. The molecule has 1 N–H and O–H groups in total. The van der Waals surface area contributed by atoms with Crippen LogP contribution in [0.3, 0.4) is 0 Å². The molecule has 4 nitrogen and oxygen atoms in total. The van der Waals surface area contributed by atoms with Gasteiger partial charge >= 0.3 is 5.97 Å². The van der Waals surface area contributed by atoms with Crippen LogP contribution in [0.15, 0.2) is 78.9 Å². The number of nitrogens with zero attached hydrogens (tertiary/aromatic N) is 1. The van der Waals surface area contributed by atoms with Crippen LogP contribution in [-0.2, 0) is 0 Å². The number of carbonyl (C=O) groups excluding carboxylic acids is 1. The number of hydrogen-bond donors (Lipinski definition) is 1. The molecule has 1 atom stereocenters.